The molecule has 0 radical (unpaired) electrons. The van der Waals surface area contributed by atoms with Crippen molar-refractivity contribution in [2.75, 3.05) is 13.1 Å². The number of rotatable bonds is 3. The first kappa shape index (κ1) is 14.9. The van der Waals surface area contributed by atoms with E-state index in [-0.39, 0.29) is 17.6 Å². The van der Waals surface area contributed by atoms with Crippen LogP contribution in [0.25, 0.3) is 0 Å². The van der Waals surface area contributed by atoms with Gasteiger partial charge >= 0.3 is 0 Å². The Kier molecular flexibility index (Phi) is 4.72. The highest BCUT2D eigenvalue weighted by molar-refractivity contribution is 9.10. The number of benzene rings is 1. The predicted molar refractivity (Wildman–Crippen MR) is 78.5 cm³/mol. The second-order valence-corrected chi connectivity index (χ2v) is 5.75. The molecule has 1 fully saturated rings. The van der Waals surface area contributed by atoms with Gasteiger partial charge in [-0.25, -0.2) is 0 Å². The van der Waals surface area contributed by atoms with Crippen LogP contribution in [0.1, 0.15) is 29.6 Å². The van der Waals surface area contributed by atoms with E-state index in [1.165, 1.54) is 12.1 Å². The molecule has 2 rings (SSSR count). The number of amides is 1. The van der Waals surface area contributed by atoms with Crippen molar-refractivity contribution in [1.29, 1.82) is 0 Å². The molecule has 0 aliphatic carbocycles. The topological polar surface area (TPSA) is 89.5 Å². The highest BCUT2D eigenvalue weighted by Crippen LogP contribution is 2.25. The van der Waals surface area contributed by atoms with Gasteiger partial charge in [0.2, 0.25) is 0 Å². The van der Waals surface area contributed by atoms with Crippen molar-refractivity contribution in [3.63, 3.8) is 0 Å². The molecule has 1 heterocycles. The Bertz CT molecular complexity index is 536. The summed E-state index contributed by atoms with van der Waals surface area (Å²) in [6.45, 7) is 1.07. The zero-order valence-electron chi connectivity index (χ0n) is 10.9. The van der Waals surface area contributed by atoms with E-state index in [4.69, 9.17) is 5.73 Å². The van der Waals surface area contributed by atoms with Crippen molar-refractivity contribution in [3.05, 3.63) is 38.3 Å². The van der Waals surface area contributed by atoms with Gasteiger partial charge in [-0.05, 0) is 25.3 Å². The summed E-state index contributed by atoms with van der Waals surface area (Å²) < 4.78 is 0.524. The molecule has 2 N–H and O–H groups in total. The van der Waals surface area contributed by atoms with E-state index >= 15 is 0 Å². The molecule has 1 saturated heterocycles. The Balaban J connectivity index is 2.30. The highest BCUT2D eigenvalue weighted by Gasteiger charge is 2.27. The molecule has 7 heteroatoms. The minimum Gasteiger partial charge on any atom is -0.334 e. The first-order valence-electron chi connectivity index (χ1n) is 6.49. The zero-order chi connectivity index (χ0) is 14.7. The average molecular weight is 342 g/mol. The van der Waals surface area contributed by atoms with Crippen molar-refractivity contribution >= 4 is 27.5 Å². The lowest BCUT2D eigenvalue weighted by Gasteiger charge is -2.35. The maximum Gasteiger partial charge on any atom is 0.271 e. The normalized spacial score (nSPS) is 18.9. The Morgan fingerprint density at radius 1 is 1.45 bits per heavy atom. The van der Waals surface area contributed by atoms with E-state index in [1.807, 2.05) is 0 Å². The summed E-state index contributed by atoms with van der Waals surface area (Å²) in [6.07, 6.45) is 2.89. The number of non-ortho nitro benzene ring substituents is 1. The highest BCUT2D eigenvalue weighted by atomic mass is 79.9. The molecule has 0 bridgehead atoms. The molecule has 1 unspecified atom stereocenters. The van der Waals surface area contributed by atoms with Crippen LogP contribution >= 0.6 is 15.9 Å². The summed E-state index contributed by atoms with van der Waals surface area (Å²) >= 11 is 3.21. The predicted octanol–water partition coefficient (Wildman–Crippen LogP) is 2.31. The van der Waals surface area contributed by atoms with Crippen LogP contribution in [0.2, 0.25) is 0 Å². The number of nitrogens with zero attached hydrogens (tertiary/aromatic N) is 2. The van der Waals surface area contributed by atoms with Gasteiger partial charge in [-0.15, -0.1) is 0 Å². The summed E-state index contributed by atoms with van der Waals surface area (Å²) in [7, 11) is 0. The van der Waals surface area contributed by atoms with Crippen molar-refractivity contribution < 1.29 is 9.72 Å². The number of hydrogen-bond acceptors (Lipinski definition) is 4. The SMILES string of the molecule is NCC1CCCCN1C(=O)c1cc(Br)cc([N+](=O)[O-])c1. The number of halogens is 1. The van der Waals surface area contributed by atoms with Crippen LogP contribution in [-0.4, -0.2) is 34.9 Å². The molecule has 1 atom stereocenters. The quantitative estimate of drug-likeness (QED) is 0.674. The Morgan fingerprint density at radius 2 is 2.20 bits per heavy atom. The molecule has 0 spiro atoms. The number of carbonyl (C=O) groups excluding carboxylic acids is 1. The van der Waals surface area contributed by atoms with E-state index < -0.39 is 4.92 Å². The minimum absolute atomic E-state index is 0.0225. The molecule has 0 saturated carbocycles. The molecule has 0 aromatic heterocycles. The van der Waals surface area contributed by atoms with Crippen molar-refractivity contribution in [1.82, 2.24) is 4.90 Å². The fraction of sp³-hybridized carbons (Fsp3) is 0.462. The largest absolute Gasteiger partial charge is 0.334 e. The van der Waals surface area contributed by atoms with Crippen LogP contribution in [0.4, 0.5) is 5.69 Å². The summed E-state index contributed by atoms with van der Waals surface area (Å²) in [5, 5.41) is 10.9. The molecule has 6 nitrogen and oxygen atoms in total. The zero-order valence-corrected chi connectivity index (χ0v) is 12.5. The van der Waals surface area contributed by atoms with Crippen molar-refractivity contribution in [2.24, 2.45) is 5.73 Å². The van der Waals surface area contributed by atoms with E-state index in [1.54, 1.807) is 11.0 Å². The second kappa shape index (κ2) is 6.32. The second-order valence-electron chi connectivity index (χ2n) is 4.84. The first-order valence-corrected chi connectivity index (χ1v) is 7.28. The van der Waals surface area contributed by atoms with Crippen molar-refractivity contribution in [2.45, 2.75) is 25.3 Å². The van der Waals surface area contributed by atoms with Gasteiger partial charge in [0.1, 0.15) is 0 Å². The van der Waals surface area contributed by atoms with Crippen LogP contribution in [0.3, 0.4) is 0 Å². The molecule has 1 amide bonds. The van der Waals surface area contributed by atoms with Gasteiger partial charge in [0.05, 0.1) is 4.92 Å². The number of likely N-dealkylation sites (tertiary alicyclic amines) is 1. The number of piperidine rings is 1. The molecule has 1 aliphatic heterocycles. The van der Waals surface area contributed by atoms with Gasteiger partial charge < -0.3 is 10.6 Å². The van der Waals surface area contributed by atoms with Gasteiger partial charge in [0, 0.05) is 41.3 Å². The molecule has 1 aromatic carbocycles. The fourth-order valence-electron chi connectivity index (χ4n) is 2.48. The third-order valence-corrected chi connectivity index (χ3v) is 3.96. The van der Waals surface area contributed by atoms with Crippen LogP contribution < -0.4 is 5.73 Å². The summed E-state index contributed by atoms with van der Waals surface area (Å²) in [5.74, 6) is -0.190. The maximum absolute atomic E-state index is 12.5. The third kappa shape index (κ3) is 3.16. The van der Waals surface area contributed by atoms with Gasteiger partial charge in [-0.2, -0.15) is 0 Å². The Labute approximate surface area is 125 Å². The van der Waals surface area contributed by atoms with Crippen LogP contribution in [-0.2, 0) is 0 Å². The molecular weight excluding hydrogens is 326 g/mol. The summed E-state index contributed by atoms with van der Waals surface area (Å²) in [6, 6.07) is 4.33. The standard InChI is InChI=1S/C13H16BrN3O3/c14-10-5-9(6-12(7-10)17(19)20)13(18)16-4-2-1-3-11(16)8-15/h5-7,11H,1-4,8,15H2. The Hall–Kier alpha value is -1.47. The average Bonchev–Trinajstić information content (AvgIpc) is 2.45. The number of nitro groups is 1. The van der Waals surface area contributed by atoms with Crippen LogP contribution in [0, 0.1) is 10.1 Å². The van der Waals surface area contributed by atoms with Crippen LogP contribution in [0.5, 0.6) is 0 Å². The maximum atomic E-state index is 12.5. The molecule has 1 aromatic rings. The molecular formula is C13H16BrN3O3. The van der Waals surface area contributed by atoms with Crippen molar-refractivity contribution in [3.8, 4) is 0 Å². The first-order chi connectivity index (χ1) is 9.52. The monoisotopic (exact) mass is 341 g/mol. The van der Waals surface area contributed by atoms with Gasteiger partial charge in [0.25, 0.3) is 11.6 Å². The van der Waals surface area contributed by atoms with Gasteiger partial charge in [-0.1, -0.05) is 15.9 Å². The molecule has 1 aliphatic rings. The van der Waals surface area contributed by atoms with E-state index in [0.29, 0.717) is 23.1 Å². The lowest BCUT2D eigenvalue weighted by atomic mass is 10.0. The smallest absolute Gasteiger partial charge is 0.271 e. The van der Waals surface area contributed by atoms with E-state index in [2.05, 4.69) is 15.9 Å². The molecule has 108 valence electrons. The lowest BCUT2D eigenvalue weighted by Crippen LogP contribution is -2.47. The lowest BCUT2D eigenvalue weighted by molar-refractivity contribution is -0.385. The third-order valence-electron chi connectivity index (χ3n) is 3.50. The molecule has 20 heavy (non-hydrogen) atoms. The summed E-state index contributed by atoms with van der Waals surface area (Å²) in [4.78, 5) is 24.6. The number of hydrogen-bond donors (Lipinski definition) is 1. The van der Waals surface area contributed by atoms with E-state index in [0.717, 1.165) is 19.3 Å². The number of carbonyl (C=O) groups is 1. The fourth-order valence-corrected chi connectivity index (χ4v) is 2.96. The summed E-state index contributed by atoms with van der Waals surface area (Å²) in [5.41, 5.74) is 5.94. The number of nitrogens with two attached hydrogens (primary N) is 1. The Morgan fingerprint density at radius 3 is 2.85 bits per heavy atom. The van der Waals surface area contributed by atoms with Gasteiger partial charge in [0.15, 0.2) is 0 Å². The van der Waals surface area contributed by atoms with Gasteiger partial charge in [-0.3, -0.25) is 14.9 Å². The van der Waals surface area contributed by atoms with E-state index in [9.17, 15) is 14.9 Å². The van der Waals surface area contributed by atoms with Crippen LogP contribution in [0.15, 0.2) is 22.7 Å². The number of nitro benzene ring substituents is 1. The minimum atomic E-state index is -0.502.